The van der Waals surface area contributed by atoms with E-state index in [9.17, 15) is 0 Å². The summed E-state index contributed by atoms with van der Waals surface area (Å²) >= 11 is 0. The zero-order valence-corrected chi connectivity index (χ0v) is 10.4. The number of anilines is 1. The third-order valence-corrected chi connectivity index (χ3v) is 3.08. The number of aromatic nitrogens is 3. The Morgan fingerprint density at radius 3 is 2.56 bits per heavy atom. The molecule has 0 atom stereocenters. The summed E-state index contributed by atoms with van der Waals surface area (Å²) in [5.41, 5.74) is 1.09. The van der Waals surface area contributed by atoms with E-state index < -0.39 is 0 Å². The second-order valence-electron chi connectivity index (χ2n) is 4.32. The van der Waals surface area contributed by atoms with Crippen molar-refractivity contribution < 1.29 is 4.74 Å². The van der Waals surface area contributed by atoms with Gasteiger partial charge in [-0.2, -0.15) is 4.98 Å². The number of aryl methyl sites for hydroxylation is 1. The van der Waals surface area contributed by atoms with Gasteiger partial charge in [0.1, 0.15) is 0 Å². The van der Waals surface area contributed by atoms with Crippen LogP contribution in [0, 0.1) is 0 Å². The zero-order chi connectivity index (χ0) is 12.4. The molecule has 0 saturated carbocycles. The van der Waals surface area contributed by atoms with Gasteiger partial charge >= 0.3 is 0 Å². The Hall–Kier alpha value is -1.88. The lowest BCUT2D eigenvalue weighted by atomic mass is 10.2. The summed E-state index contributed by atoms with van der Waals surface area (Å²) in [6.07, 6.45) is 0. The summed E-state index contributed by atoms with van der Waals surface area (Å²) in [6.45, 7) is 3.22. The second-order valence-corrected chi connectivity index (χ2v) is 4.32. The van der Waals surface area contributed by atoms with Crippen molar-refractivity contribution >= 4 is 5.95 Å². The first-order valence-electron chi connectivity index (χ1n) is 6.14. The highest BCUT2D eigenvalue weighted by Gasteiger charge is 2.17. The largest absolute Gasteiger partial charge is 0.378 e. The van der Waals surface area contributed by atoms with E-state index in [4.69, 9.17) is 4.74 Å². The van der Waals surface area contributed by atoms with E-state index in [1.807, 2.05) is 42.1 Å². The van der Waals surface area contributed by atoms with E-state index in [-0.39, 0.29) is 0 Å². The smallest absolute Gasteiger partial charge is 0.245 e. The number of benzene rings is 1. The summed E-state index contributed by atoms with van der Waals surface area (Å²) in [5.74, 6) is 1.69. The molecule has 0 N–H and O–H groups in total. The maximum Gasteiger partial charge on any atom is 0.245 e. The van der Waals surface area contributed by atoms with Gasteiger partial charge in [-0.3, -0.25) is 0 Å². The standard InChI is InChI=1S/C13H16N4O/c1-16-12(11-5-3-2-4-6-11)14-13(15-16)17-7-9-18-10-8-17/h2-6H,7-10H2,1H3. The molecular weight excluding hydrogens is 228 g/mol. The van der Waals surface area contributed by atoms with E-state index in [2.05, 4.69) is 15.0 Å². The number of rotatable bonds is 2. The van der Waals surface area contributed by atoms with E-state index >= 15 is 0 Å². The Bertz CT molecular complexity index is 517. The molecular formula is C13H16N4O. The third kappa shape index (κ3) is 2.09. The lowest BCUT2D eigenvalue weighted by molar-refractivity contribution is 0.122. The zero-order valence-electron chi connectivity index (χ0n) is 10.4. The second kappa shape index (κ2) is 4.78. The fraction of sp³-hybridized carbons (Fsp3) is 0.385. The molecule has 0 amide bonds. The summed E-state index contributed by atoms with van der Waals surface area (Å²) in [7, 11) is 1.93. The van der Waals surface area contributed by atoms with Crippen molar-refractivity contribution in [2.24, 2.45) is 7.05 Å². The lowest BCUT2D eigenvalue weighted by Gasteiger charge is -2.25. The molecule has 2 aromatic rings. The molecule has 5 nitrogen and oxygen atoms in total. The van der Waals surface area contributed by atoms with Crippen LogP contribution in [0.1, 0.15) is 0 Å². The fourth-order valence-corrected chi connectivity index (χ4v) is 2.11. The van der Waals surface area contributed by atoms with Gasteiger partial charge < -0.3 is 9.64 Å². The Balaban J connectivity index is 1.91. The van der Waals surface area contributed by atoms with Gasteiger partial charge in [-0.25, -0.2) is 4.68 Å². The monoisotopic (exact) mass is 244 g/mol. The van der Waals surface area contributed by atoms with Crippen LogP contribution in [0.15, 0.2) is 30.3 Å². The van der Waals surface area contributed by atoms with Crippen LogP contribution in [0.2, 0.25) is 0 Å². The SMILES string of the molecule is Cn1nc(N2CCOCC2)nc1-c1ccccc1. The maximum atomic E-state index is 5.34. The summed E-state index contributed by atoms with van der Waals surface area (Å²) < 4.78 is 7.17. The predicted octanol–water partition coefficient (Wildman–Crippen LogP) is 1.32. The van der Waals surface area contributed by atoms with Crippen LogP contribution in [-0.4, -0.2) is 41.1 Å². The normalized spacial score (nSPS) is 15.9. The first kappa shape index (κ1) is 11.2. The number of morpholine rings is 1. The predicted molar refractivity (Wildman–Crippen MR) is 69.5 cm³/mol. The summed E-state index contributed by atoms with van der Waals surface area (Å²) in [5, 5.41) is 4.49. The molecule has 5 heteroatoms. The van der Waals surface area contributed by atoms with E-state index in [0.29, 0.717) is 0 Å². The Kier molecular flexibility index (Phi) is 2.98. The number of hydrogen-bond acceptors (Lipinski definition) is 4. The summed E-state index contributed by atoms with van der Waals surface area (Å²) in [4.78, 5) is 6.79. The van der Waals surface area contributed by atoms with Crippen molar-refractivity contribution in [2.45, 2.75) is 0 Å². The van der Waals surface area contributed by atoms with Crippen LogP contribution in [0.3, 0.4) is 0 Å². The van der Waals surface area contributed by atoms with Crippen LogP contribution in [0.5, 0.6) is 0 Å². The molecule has 0 bridgehead atoms. The first-order valence-corrected chi connectivity index (χ1v) is 6.14. The maximum absolute atomic E-state index is 5.34. The molecule has 18 heavy (non-hydrogen) atoms. The quantitative estimate of drug-likeness (QED) is 0.799. The molecule has 0 aliphatic carbocycles. The summed E-state index contributed by atoms with van der Waals surface area (Å²) in [6, 6.07) is 10.1. The molecule has 0 radical (unpaired) electrons. The molecule has 3 rings (SSSR count). The molecule has 1 saturated heterocycles. The van der Waals surface area contributed by atoms with Crippen molar-refractivity contribution in [1.82, 2.24) is 14.8 Å². The highest BCUT2D eigenvalue weighted by atomic mass is 16.5. The van der Waals surface area contributed by atoms with Gasteiger partial charge in [0, 0.05) is 25.7 Å². The van der Waals surface area contributed by atoms with Crippen LogP contribution < -0.4 is 4.90 Å². The van der Waals surface area contributed by atoms with Crippen LogP contribution in [-0.2, 0) is 11.8 Å². The highest BCUT2D eigenvalue weighted by Crippen LogP contribution is 2.19. The minimum Gasteiger partial charge on any atom is -0.378 e. The van der Waals surface area contributed by atoms with Crippen molar-refractivity contribution in [2.75, 3.05) is 31.2 Å². The molecule has 1 aliphatic rings. The topological polar surface area (TPSA) is 43.2 Å². The van der Waals surface area contributed by atoms with Crippen molar-refractivity contribution in [1.29, 1.82) is 0 Å². The average molecular weight is 244 g/mol. The molecule has 1 aromatic heterocycles. The first-order chi connectivity index (χ1) is 8.84. The minimum atomic E-state index is 0.749. The van der Waals surface area contributed by atoms with Gasteiger partial charge in [0.25, 0.3) is 0 Å². The van der Waals surface area contributed by atoms with Gasteiger partial charge in [-0.05, 0) is 0 Å². The van der Waals surface area contributed by atoms with Gasteiger partial charge in [-0.1, -0.05) is 30.3 Å². The van der Waals surface area contributed by atoms with Gasteiger partial charge in [0.15, 0.2) is 5.82 Å². The molecule has 94 valence electrons. The fourth-order valence-electron chi connectivity index (χ4n) is 2.11. The van der Waals surface area contributed by atoms with Crippen molar-refractivity contribution in [3.05, 3.63) is 30.3 Å². The molecule has 0 spiro atoms. The Morgan fingerprint density at radius 1 is 1.11 bits per heavy atom. The lowest BCUT2D eigenvalue weighted by Crippen LogP contribution is -2.37. The van der Waals surface area contributed by atoms with Gasteiger partial charge in [0.2, 0.25) is 5.95 Å². The molecule has 0 unspecified atom stereocenters. The van der Waals surface area contributed by atoms with Crippen LogP contribution >= 0.6 is 0 Å². The van der Waals surface area contributed by atoms with Crippen LogP contribution in [0.25, 0.3) is 11.4 Å². The number of ether oxygens (including phenoxy) is 1. The number of hydrogen-bond donors (Lipinski definition) is 0. The van der Waals surface area contributed by atoms with E-state index in [1.54, 1.807) is 0 Å². The molecule has 2 heterocycles. The molecule has 1 aromatic carbocycles. The van der Waals surface area contributed by atoms with Crippen LogP contribution in [0.4, 0.5) is 5.95 Å². The Labute approximate surface area is 106 Å². The highest BCUT2D eigenvalue weighted by molar-refractivity contribution is 5.56. The number of nitrogens with zero attached hydrogens (tertiary/aromatic N) is 4. The van der Waals surface area contributed by atoms with Gasteiger partial charge in [0.05, 0.1) is 13.2 Å². The van der Waals surface area contributed by atoms with Crippen molar-refractivity contribution in [3.8, 4) is 11.4 Å². The van der Waals surface area contributed by atoms with E-state index in [0.717, 1.165) is 43.6 Å². The minimum absolute atomic E-state index is 0.749. The average Bonchev–Trinajstić information content (AvgIpc) is 2.83. The van der Waals surface area contributed by atoms with E-state index in [1.165, 1.54) is 0 Å². The van der Waals surface area contributed by atoms with Crippen molar-refractivity contribution in [3.63, 3.8) is 0 Å². The third-order valence-electron chi connectivity index (χ3n) is 3.08. The Morgan fingerprint density at radius 2 is 1.83 bits per heavy atom. The molecule has 1 fully saturated rings. The molecule has 1 aliphatic heterocycles. The van der Waals surface area contributed by atoms with Gasteiger partial charge in [-0.15, -0.1) is 5.10 Å².